The first-order chi connectivity index (χ1) is 16.7. The Morgan fingerprint density at radius 1 is 0.973 bits per heavy atom. The Bertz CT molecular complexity index is 1320. The molecule has 1 amide bonds. The molecule has 10 N–H and O–H groups in total. The predicted molar refractivity (Wildman–Crippen MR) is 119 cm³/mol. The highest BCUT2D eigenvalue weighted by atomic mass is 32.3. The fourth-order valence-electron chi connectivity index (χ4n) is 4.97. The number of ketones is 2. The third kappa shape index (κ3) is 6.67. The SMILES string of the molecule is NC(=O)C1C2Cc3cccc(O)c3C(=O)C2=C(O)C2(O)C(=O)CC(O)CC12.O=S(=O)(O)O.O=S(=O)(O)O. The van der Waals surface area contributed by atoms with Gasteiger partial charge in [-0.05, 0) is 24.5 Å². The van der Waals surface area contributed by atoms with Crippen LogP contribution in [-0.4, -0.2) is 84.7 Å². The quantitative estimate of drug-likeness (QED) is 0.173. The zero-order valence-corrected chi connectivity index (χ0v) is 20.1. The normalized spacial score (nSPS) is 28.9. The van der Waals surface area contributed by atoms with Gasteiger partial charge in [0.15, 0.2) is 17.2 Å². The molecule has 0 heterocycles. The molecule has 0 spiro atoms. The standard InChI is InChI=1S/C19H19NO7.2H2O4S/c20-18(26)14-9-4-7-2-1-3-11(22)13(7)16(24)15(9)17(25)19(27)10(14)5-8(21)6-12(19)23;2*1-5(2,3)4/h1-3,8-10,14,21-22,25,27H,4-6H2,(H2,20,26);2*(H2,1,2,3,4). The Balaban J connectivity index is 0.000000412. The van der Waals surface area contributed by atoms with Crippen molar-refractivity contribution >= 4 is 38.3 Å². The van der Waals surface area contributed by atoms with Crippen LogP contribution < -0.4 is 5.73 Å². The van der Waals surface area contributed by atoms with Gasteiger partial charge in [-0.1, -0.05) is 12.1 Å². The second-order valence-electron chi connectivity index (χ2n) is 8.43. The number of rotatable bonds is 1. The predicted octanol–water partition coefficient (Wildman–Crippen LogP) is -1.56. The molecule has 5 unspecified atom stereocenters. The van der Waals surface area contributed by atoms with Gasteiger partial charge in [0.2, 0.25) is 5.91 Å². The average molecular weight is 570 g/mol. The molecule has 0 saturated heterocycles. The summed E-state index contributed by atoms with van der Waals surface area (Å²) < 4.78 is 63.2. The van der Waals surface area contributed by atoms with Crippen LogP contribution in [0.15, 0.2) is 29.5 Å². The van der Waals surface area contributed by atoms with E-state index in [2.05, 4.69) is 0 Å². The van der Waals surface area contributed by atoms with Crippen molar-refractivity contribution in [2.24, 2.45) is 23.5 Å². The number of carbonyl (C=O) groups is 3. The molecule has 0 aromatic heterocycles. The number of amides is 1. The Morgan fingerprint density at radius 2 is 1.49 bits per heavy atom. The van der Waals surface area contributed by atoms with E-state index in [1.54, 1.807) is 12.1 Å². The van der Waals surface area contributed by atoms with Crippen LogP contribution in [0.25, 0.3) is 0 Å². The maximum Gasteiger partial charge on any atom is 0.394 e. The zero-order chi connectivity index (χ0) is 28.7. The van der Waals surface area contributed by atoms with Crippen LogP contribution in [-0.2, 0) is 36.8 Å². The van der Waals surface area contributed by atoms with Crippen LogP contribution >= 0.6 is 0 Å². The van der Waals surface area contributed by atoms with Crippen LogP contribution in [0.5, 0.6) is 5.75 Å². The summed E-state index contributed by atoms with van der Waals surface area (Å²) in [5, 5.41) is 41.9. The first kappa shape index (κ1) is 30.3. The number of hydrogen-bond donors (Lipinski definition) is 9. The summed E-state index contributed by atoms with van der Waals surface area (Å²) in [6.07, 6.45) is -1.46. The smallest absolute Gasteiger partial charge is 0.394 e. The summed E-state index contributed by atoms with van der Waals surface area (Å²) in [4.78, 5) is 37.8. The molecule has 0 aliphatic heterocycles. The van der Waals surface area contributed by atoms with Gasteiger partial charge < -0.3 is 26.2 Å². The number of aliphatic hydroxyl groups is 3. The number of benzene rings is 1. The van der Waals surface area contributed by atoms with Gasteiger partial charge in [-0.25, -0.2) is 0 Å². The molecular formula is C19H23NO15S2. The summed E-state index contributed by atoms with van der Waals surface area (Å²) in [6, 6.07) is 4.51. The molecule has 0 bridgehead atoms. The summed E-state index contributed by atoms with van der Waals surface area (Å²) in [6.45, 7) is 0. The number of carbonyl (C=O) groups excluding carboxylic acids is 3. The number of fused-ring (bicyclic) bond motifs is 3. The molecule has 3 aliphatic rings. The third-order valence-corrected chi connectivity index (χ3v) is 6.13. The van der Waals surface area contributed by atoms with Crippen molar-refractivity contribution in [3.05, 3.63) is 40.7 Å². The van der Waals surface area contributed by atoms with Gasteiger partial charge in [-0.2, -0.15) is 16.8 Å². The van der Waals surface area contributed by atoms with Crippen LogP contribution in [0, 0.1) is 17.8 Å². The first-order valence-electron chi connectivity index (χ1n) is 10.1. The minimum atomic E-state index is -4.67. The van der Waals surface area contributed by atoms with Crippen molar-refractivity contribution in [3.63, 3.8) is 0 Å². The molecule has 0 radical (unpaired) electrons. The molecule has 3 aliphatic carbocycles. The van der Waals surface area contributed by atoms with Crippen molar-refractivity contribution in [1.29, 1.82) is 0 Å². The van der Waals surface area contributed by atoms with Crippen LogP contribution in [0.3, 0.4) is 0 Å². The molecule has 1 fully saturated rings. The summed E-state index contributed by atoms with van der Waals surface area (Å²) in [5.74, 6) is -6.63. The number of allylic oxidation sites excluding steroid dienone is 1. The number of Topliss-reactive ketones (excluding diaryl/α,β-unsaturated/α-hetero) is 2. The molecule has 206 valence electrons. The van der Waals surface area contributed by atoms with Crippen molar-refractivity contribution in [2.45, 2.75) is 31.0 Å². The van der Waals surface area contributed by atoms with E-state index in [1.165, 1.54) is 6.07 Å². The first-order valence-corrected chi connectivity index (χ1v) is 12.9. The summed E-state index contributed by atoms with van der Waals surface area (Å²) in [7, 11) is -9.33. The number of phenols is 1. The number of nitrogens with two attached hydrogens (primary N) is 1. The topological polar surface area (TPSA) is 307 Å². The van der Waals surface area contributed by atoms with Gasteiger partial charge in [-0.3, -0.25) is 32.6 Å². The van der Waals surface area contributed by atoms with E-state index in [0.717, 1.165) is 0 Å². The summed E-state index contributed by atoms with van der Waals surface area (Å²) >= 11 is 0. The number of hydrogen-bond acceptors (Lipinski definition) is 11. The van der Waals surface area contributed by atoms with Crippen molar-refractivity contribution in [2.75, 3.05) is 0 Å². The lowest BCUT2D eigenvalue weighted by Gasteiger charge is -2.50. The Labute approximate surface area is 209 Å². The molecule has 37 heavy (non-hydrogen) atoms. The van der Waals surface area contributed by atoms with E-state index in [1.807, 2.05) is 0 Å². The molecule has 1 aromatic carbocycles. The van der Waals surface area contributed by atoms with Crippen LogP contribution in [0.2, 0.25) is 0 Å². The molecule has 18 heteroatoms. The van der Waals surface area contributed by atoms with Crippen LogP contribution in [0.4, 0.5) is 0 Å². The number of primary amides is 1. The number of phenolic OH excluding ortho intramolecular Hbond substituents is 1. The highest BCUT2D eigenvalue weighted by Gasteiger charge is 2.63. The van der Waals surface area contributed by atoms with E-state index in [4.69, 9.17) is 40.8 Å². The molecule has 4 rings (SSSR count). The van der Waals surface area contributed by atoms with E-state index >= 15 is 0 Å². The maximum atomic E-state index is 13.0. The highest BCUT2D eigenvalue weighted by Crippen LogP contribution is 2.53. The highest BCUT2D eigenvalue weighted by molar-refractivity contribution is 7.80. The lowest BCUT2D eigenvalue weighted by Crippen LogP contribution is -2.63. The van der Waals surface area contributed by atoms with E-state index < -0.39 is 79.9 Å². The Hall–Kier alpha value is -2.97. The van der Waals surface area contributed by atoms with Gasteiger partial charge in [0.05, 0.1) is 17.6 Å². The fourth-order valence-corrected chi connectivity index (χ4v) is 4.97. The fraction of sp³-hybridized carbons (Fsp3) is 0.421. The minimum Gasteiger partial charge on any atom is -0.508 e. The number of aliphatic hydroxyl groups excluding tert-OH is 2. The van der Waals surface area contributed by atoms with E-state index in [0.29, 0.717) is 5.56 Å². The molecule has 16 nitrogen and oxygen atoms in total. The lowest BCUT2D eigenvalue weighted by atomic mass is 9.55. The lowest BCUT2D eigenvalue weighted by molar-refractivity contribution is -0.163. The second kappa shape index (κ2) is 10.4. The molecule has 1 aromatic rings. The van der Waals surface area contributed by atoms with Gasteiger partial charge >= 0.3 is 20.8 Å². The zero-order valence-electron chi connectivity index (χ0n) is 18.5. The number of aromatic hydroxyl groups is 1. The van der Waals surface area contributed by atoms with Gasteiger partial charge in [0.1, 0.15) is 11.5 Å². The van der Waals surface area contributed by atoms with E-state index in [9.17, 15) is 34.8 Å². The van der Waals surface area contributed by atoms with Crippen LogP contribution in [0.1, 0.15) is 28.8 Å². The van der Waals surface area contributed by atoms with Gasteiger partial charge in [-0.15, -0.1) is 0 Å². The molecule has 1 saturated carbocycles. The second-order valence-corrected chi connectivity index (χ2v) is 10.2. The minimum absolute atomic E-state index is 0.0242. The molecule has 5 atom stereocenters. The van der Waals surface area contributed by atoms with Crippen molar-refractivity contribution in [1.82, 2.24) is 0 Å². The average Bonchev–Trinajstić information content (AvgIpc) is 2.68. The largest absolute Gasteiger partial charge is 0.508 e. The summed E-state index contributed by atoms with van der Waals surface area (Å²) in [5.41, 5.74) is 3.30. The Morgan fingerprint density at radius 3 is 1.97 bits per heavy atom. The maximum absolute atomic E-state index is 13.0. The monoisotopic (exact) mass is 569 g/mol. The molecular weight excluding hydrogens is 546 g/mol. The van der Waals surface area contributed by atoms with Gasteiger partial charge in [0, 0.05) is 23.8 Å². The van der Waals surface area contributed by atoms with E-state index in [-0.39, 0.29) is 29.7 Å². The third-order valence-electron chi connectivity index (χ3n) is 6.13. The van der Waals surface area contributed by atoms with Crippen molar-refractivity contribution in [3.8, 4) is 5.75 Å². The Kier molecular flexibility index (Phi) is 8.52. The van der Waals surface area contributed by atoms with Gasteiger partial charge in [0.25, 0.3) is 0 Å². The van der Waals surface area contributed by atoms with Crippen molar-refractivity contribution < 1.29 is 69.9 Å².